The van der Waals surface area contributed by atoms with Crippen LogP contribution in [0.3, 0.4) is 0 Å². The van der Waals surface area contributed by atoms with E-state index in [0.29, 0.717) is 25.0 Å². The van der Waals surface area contributed by atoms with Gasteiger partial charge in [0.2, 0.25) is 0 Å². The van der Waals surface area contributed by atoms with Crippen molar-refractivity contribution in [2.75, 3.05) is 13.1 Å². The minimum atomic E-state index is -0.949. The standard InChI is InChI=1S/C15H13BrN4O3/c16-8-1-2-11-10(5-8)13-12(6-17-11)18-14(21)20(13)9-3-4-19(7-9)15(22)23/h1-2,5-6,9H,3-4,7H2,(H,18,21)(H,22,23). The molecule has 118 valence electrons. The van der Waals surface area contributed by atoms with Crippen molar-refractivity contribution >= 4 is 44.0 Å². The number of carboxylic acid groups (broad SMARTS) is 1. The van der Waals surface area contributed by atoms with Gasteiger partial charge in [-0.25, -0.2) is 9.59 Å². The lowest BCUT2D eigenvalue weighted by Gasteiger charge is -2.14. The number of hydrogen-bond acceptors (Lipinski definition) is 3. The Labute approximate surface area is 138 Å². The normalized spacial score (nSPS) is 18.1. The average Bonchev–Trinajstić information content (AvgIpc) is 3.10. The van der Waals surface area contributed by atoms with E-state index in [0.717, 1.165) is 20.9 Å². The Kier molecular flexibility index (Phi) is 3.15. The van der Waals surface area contributed by atoms with Crippen molar-refractivity contribution in [3.63, 3.8) is 0 Å². The number of carbonyl (C=O) groups is 1. The van der Waals surface area contributed by atoms with E-state index in [9.17, 15) is 9.59 Å². The van der Waals surface area contributed by atoms with Crippen molar-refractivity contribution < 1.29 is 9.90 Å². The van der Waals surface area contributed by atoms with E-state index >= 15 is 0 Å². The summed E-state index contributed by atoms with van der Waals surface area (Å²) in [5.74, 6) is 0. The number of halogens is 1. The fraction of sp³-hybridized carbons (Fsp3) is 0.267. The van der Waals surface area contributed by atoms with Crippen molar-refractivity contribution in [1.29, 1.82) is 0 Å². The zero-order valence-corrected chi connectivity index (χ0v) is 13.6. The number of amides is 1. The van der Waals surface area contributed by atoms with E-state index in [4.69, 9.17) is 5.11 Å². The van der Waals surface area contributed by atoms with Crippen LogP contribution in [-0.2, 0) is 0 Å². The molecule has 0 spiro atoms. The molecule has 1 saturated heterocycles. The molecule has 4 rings (SSSR count). The van der Waals surface area contributed by atoms with Crippen LogP contribution in [0.1, 0.15) is 12.5 Å². The Balaban J connectivity index is 1.96. The van der Waals surface area contributed by atoms with Gasteiger partial charge in [-0.15, -0.1) is 0 Å². The number of imidazole rings is 1. The number of H-pyrrole nitrogens is 1. The molecule has 0 saturated carbocycles. The average molecular weight is 377 g/mol. The number of likely N-dealkylation sites (tertiary alicyclic amines) is 1. The molecule has 1 unspecified atom stereocenters. The number of pyridine rings is 1. The zero-order chi connectivity index (χ0) is 16.1. The Morgan fingerprint density at radius 2 is 2.26 bits per heavy atom. The van der Waals surface area contributed by atoms with Crippen LogP contribution >= 0.6 is 15.9 Å². The predicted molar refractivity (Wildman–Crippen MR) is 88.8 cm³/mol. The van der Waals surface area contributed by atoms with E-state index in [1.807, 2.05) is 18.2 Å². The van der Waals surface area contributed by atoms with Crippen molar-refractivity contribution in [3.8, 4) is 0 Å². The topological polar surface area (TPSA) is 91.2 Å². The third kappa shape index (κ3) is 2.21. The van der Waals surface area contributed by atoms with Gasteiger partial charge in [-0.05, 0) is 24.6 Å². The van der Waals surface area contributed by atoms with Crippen LogP contribution in [0.25, 0.3) is 21.9 Å². The number of fused-ring (bicyclic) bond motifs is 3. The number of nitrogens with zero attached hydrogens (tertiary/aromatic N) is 3. The molecule has 3 heterocycles. The summed E-state index contributed by atoms with van der Waals surface area (Å²) in [6.07, 6.45) is 1.32. The first kappa shape index (κ1) is 14.3. The van der Waals surface area contributed by atoms with Crippen LogP contribution in [0, 0.1) is 0 Å². The molecule has 23 heavy (non-hydrogen) atoms. The Morgan fingerprint density at radius 3 is 3.00 bits per heavy atom. The lowest BCUT2D eigenvalue weighted by atomic mass is 10.1. The molecule has 0 bridgehead atoms. The van der Waals surface area contributed by atoms with Crippen LogP contribution in [0.4, 0.5) is 4.79 Å². The quantitative estimate of drug-likeness (QED) is 0.682. The van der Waals surface area contributed by atoms with Gasteiger partial charge in [-0.3, -0.25) is 9.55 Å². The van der Waals surface area contributed by atoms with Crippen LogP contribution in [0.2, 0.25) is 0 Å². The summed E-state index contributed by atoms with van der Waals surface area (Å²) < 4.78 is 2.58. The molecule has 7 nitrogen and oxygen atoms in total. The third-order valence-electron chi connectivity index (χ3n) is 4.30. The van der Waals surface area contributed by atoms with Gasteiger partial charge in [-0.1, -0.05) is 15.9 Å². The highest BCUT2D eigenvalue weighted by Gasteiger charge is 2.29. The fourth-order valence-electron chi connectivity index (χ4n) is 3.25. The van der Waals surface area contributed by atoms with Crippen LogP contribution in [0.15, 0.2) is 33.7 Å². The summed E-state index contributed by atoms with van der Waals surface area (Å²) in [7, 11) is 0. The Hall–Kier alpha value is -2.35. The van der Waals surface area contributed by atoms with Gasteiger partial charge < -0.3 is 15.0 Å². The third-order valence-corrected chi connectivity index (χ3v) is 4.80. The molecule has 1 amide bonds. The smallest absolute Gasteiger partial charge is 0.407 e. The molecule has 0 radical (unpaired) electrons. The van der Waals surface area contributed by atoms with E-state index in [-0.39, 0.29) is 11.7 Å². The number of rotatable bonds is 1. The van der Waals surface area contributed by atoms with Crippen molar-refractivity contribution in [3.05, 3.63) is 39.4 Å². The van der Waals surface area contributed by atoms with Gasteiger partial charge in [0.05, 0.1) is 28.8 Å². The largest absolute Gasteiger partial charge is 0.465 e. The van der Waals surface area contributed by atoms with Gasteiger partial charge in [0, 0.05) is 22.9 Å². The van der Waals surface area contributed by atoms with Gasteiger partial charge in [-0.2, -0.15) is 0 Å². The minimum absolute atomic E-state index is 0.170. The van der Waals surface area contributed by atoms with E-state index < -0.39 is 6.09 Å². The molecule has 2 N–H and O–H groups in total. The maximum absolute atomic E-state index is 12.4. The summed E-state index contributed by atoms with van der Waals surface area (Å²) in [4.78, 5) is 32.1. The van der Waals surface area contributed by atoms with Gasteiger partial charge in [0.1, 0.15) is 0 Å². The zero-order valence-electron chi connectivity index (χ0n) is 12.0. The van der Waals surface area contributed by atoms with Gasteiger partial charge >= 0.3 is 11.8 Å². The molecular weight excluding hydrogens is 364 g/mol. The number of aromatic amines is 1. The lowest BCUT2D eigenvalue weighted by molar-refractivity contribution is 0.154. The monoisotopic (exact) mass is 376 g/mol. The van der Waals surface area contributed by atoms with E-state index in [2.05, 4.69) is 25.9 Å². The highest BCUT2D eigenvalue weighted by Crippen LogP contribution is 2.29. The van der Waals surface area contributed by atoms with E-state index in [1.165, 1.54) is 4.90 Å². The number of nitrogens with one attached hydrogen (secondary N) is 1. The highest BCUT2D eigenvalue weighted by molar-refractivity contribution is 9.10. The summed E-state index contributed by atoms with van der Waals surface area (Å²) in [5.41, 5.74) is 2.00. The second-order valence-corrected chi connectivity index (χ2v) is 6.57. The number of benzene rings is 1. The second kappa shape index (κ2) is 5.09. The molecule has 1 fully saturated rings. The fourth-order valence-corrected chi connectivity index (χ4v) is 3.61. The van der Waals surface area contributed by atoms with Gasteiger partial charge in [0.15, 0.2) is 0 Å². The SMILES string of the molecule is O=C(O)N1CCC(n2c(=O)[nH]c3cnc4ccc(Br)cc4c32)C1. The Bertz CT molecular complexity index is 993. The summed E-state index contributed by atoms with van der Waals surface area (Å²) in [6.45, 7) is 0.756. The van der Waals surface area contributed by atoms with Crippen molar-refractivity contribution in [1.82, 2.24) is 19.4 Å². The van der Waals surface area contributed by atoms with Crippen LogP contribution in [0.5, 0.6) is 0 Å². The number of aromatic nitrogens is 3. The maximum Gasteiger partial charge on any atom is 0.407 e. The summed E-state index contributed by atoms with van der Waals surface area (Å²) in [6, 6.07) is 5.55. The molecule has 1 aliphatic rings. The summed E-state index contributed by atoms with van der Waals surface area (Å²) in [5, 5.41) is 10.00. The van der Waals surface area contributed by atoms with E-state index in [1.54, 1.807) is 10.8 Å². The van der Waals surface area contributed by atoms with Gasteiger partial charge in [0.25, 0.3) is 0 Å². The summed E-state index contributed by atoms with van der Waals surface area (Å²) >= 11 is 3.45. The molecule has 1 atom stereocenters. The molecule has 1 aliphatic heterocycles. The second-order valence-electron chi connectivity index (χ2n) is 5.65. The molecule has 3 aromatic rings. The van der Waals surface area contributed by atoms with Crippen LogP contribution < -0.4 is 5.69 Å². The lowest BCUT2D eigenvalue weighted by Crippen LogP contribution is -2.29. The maximum atomic E-state index is 12.4. The molecule has 2 aromatic heterocycles. The molecule has 0 aliphatic carbocycles. The molecular formula is C15H13BrN4O3. The first-order chi connectivity index (χ1) is 11.0. The Morgan fingerprint density at radius 1 is 1.43 bits per heavy atom. The number of hydrogen-bond donors (Lipinski definition) is 2. The van der Waals surface area contributed by atoms with Crippen molar-refractivity contribution in [2.45, 2.75) is 12.5 Å². The minimum Gasteiger partial charge on any atom is -0.465 e. The first-order valence-corrected chi connectivity index (χ1v) is 8.00. The molecule has 8 heteroatoms. The van der Waals surface area contributed by atoms with Crippen molar-refractivity contribution in [2.24, 2.45) is 0 Å². The molecule has 1 aromatic carbocycles. The highest BCUT2D eigenvalue weighted by atomic mass is 79.9. The predicted octanol–water partition coefficient (Wildman–Crippen LogP) is 2.57. The first-order valence-electron chi connectivity index (χ1n) is 7.21. The van der Waals surface area contributed by atoms with Crippen LogP contribution in [-0.4, -0.2) is 43.7 Å².